The minimum Gasteiger partial charge on any atom is -0.381 e. The molecule has 2 aromatic carbocycles. The number of benzene rings is 2. The van der Waals surface area contributed by atoms with Gasteiger partial charge in [-0.15, -0.1) is 0 Å². The van der Waals surface area contributed by atoms with Crippen LogP contribution in [0.4, 0.5) is 5.69 Å². The Balaban J connectivity index is 2.04. The number of rotatable bonds is 3. The molecule has 0 aliphatic rings. The number of aryl methyl sites for hydroxylation is 2. The van der Waals surface area contributed by atoms with Gasteiger partial charge < -0.3 is 5.32 Å². The second kappa shape index (κ2) is 5.70. The van der Waals surface area contributed by atoms with Crippen molar-refractivity contribution in [1.82, 2.24) is 0 Å². The summed E-state index contributed by atoms with van der Waals surface area (Å²) in [5, 5.41) is 3.50. The largest absolute Gasteiger partial charge is 0.381 e. The molecular formula is C19H25N. The standard InChI is InChI=1S/C19H25N/c1-14-10-15(2)12-18(11-14)20-13-16-6-8-17(9-7-16)19(3,4)5/h6-12,20H,13H2,1-5H3. The molecule has 0 fully saturated rings. The maximum Gasteiger partial charge on any atom is 0.0400 e. The van der Waals surface area contributed by atoms with E-state index in [1.807, 2.05) is 0 Å². The van der Waals surface area contributed by atoms with Crippen LogP contribution >= 0.6 is 0 Å². The molecular weight excluding hydrogens is 242 g/mol. The minimum absolute atomic E-state index is 0.222. The van der Waals surface area contributed by atoms with E-state index in [0.717, 1.165) is 6.54 Å². The molecule has 0 aromatic heterocycles. The van der Waals surface area contributed by atoms with Crippen LogP contribution in [-0.2, 0) is 12.0 Å². The fourth-order valence-corrected chi connectivity index (χ4v) is 2.40. The average molecular weight is 267 g/mol. The zero-order valence-corrected chi connectivity index (χ0v) is 13.2. The molecule has 0 bridgehead atoms. The quantitative estimate of drug-likeness (QED) is 0.804. The summed E-state index contributed by atoms with van der Waals surface area (Å²) in [6, 6.07) is 15.5. The Labute approximate surface area is 123 Å². The molecule has 0 spiro atoms. The van der Waals surface area contributed by atoms with Crippen molar-refractivity contribution < 1.29 is 0 Å². The third-order valence-corrected chi connectivity index (χ3v) is 3.54. The monoisotopic (exact) mass is 267 g/mol. The van der Waals surface area contributed by atoms with E-state index in [-0.39, 0.29) is 5.41 Å². The van der Waals surface area contributed by atoms with Gasteiger partial charge in [0.25, 0.3) is 0 Å². The van der Waals surface area contributed by atoms with Gasteiger partial charge >= 0.3 is 0 Å². The van der Waals surface area contributed by atoms with E-state index < -0.39 is 0 Å². The fraction of sp³-hybridized carbons (Fsp3) is 0.368. The van der Waals surface area contributed by atoms with Gasteiger partial charge in [-0.25, -0.2) is 0 Å². The van der Waals surface area contributed by atoms with E-state index in [2.05, 4.69) is 82.4 Å². The van der Waals surface area contributed by atoms with Gasteiger partial charge in [0.05, 0.1) is 0 Å². The number of hydrogen-bond acceptors (Lipinski definition) is 1. The summed E-state index contributed by atoms with van der Waals surface area (Å²) in [6.07, 6.45) is 0. The van der Waals surface area contributed by atoms with Crippen molar-refractivity contribution in [2.75, 3.05) is 5.32 Å². The fourth-order valence-electron chi connectivity index (χ4n) is 2.40. The van der Waals surface area contributed by atoms with Crippen molar-refractivity contribution in [2.45, 2.75) is 46.6 Å². The Kier molecular flexibility index (Phi) is 4.17. The van der Waals surface area contributed by atoms with E-state index in [0.29, 0.717) is 0 Å². The predicted octanol–water partition coefficient (Wildman–Crippen LogP) is 5.21. The second-order valence-electron chi connectivity index (χ2n) is 6.68. The van der Waals surface area contributed by atoms with Gasteiger partial charge in [-0.1, -0.05) is 51.1 Å². The van der Waals surface area contributed by atoms with Crippen molar-refractivity contribution in [1.29, 1.82) is 0 Å². The predicted molar refractivity (Wildman–Crippen MR) is 88.4 cm³/mol. The van der Waals surface area contributed by atoms with Crippen LogP contribution in [-0.4, -0.2) is 0 Å². The van der Waals surface area contributed by atoms with Crippen LogP contribution in [0.25, 0.3) is 0 Å². The topological polar surface area (TPSA) is 12.0 Å². The van der Waals surface area contributed by atoms with Crippen molar-refractivity contribution in [3.63, 3.8) is 0 Å². The normalized spacial score (nSPS) is 11.4. The highest BCUT2D eigenvalue weighted by atomic mass is 14.9. The Morgan fingerprint density at radius 1 is 0.850 bits per heavy atom. The third-order valence-electron chi connectivity index (χ3n) is 3.54. The summed E-state index contributed by atoms with van der Waals surface area (Å²) in [5.41, 5.74) is 6.72. The summed E-state index contributed by atoms with van der Waals surface area (Å²) in [5.74, 6) is 0. The SMILES string of the molecule is Cc1cc(C)cc(NCc2ccc(C(C)(C)C)cc2)c1. The summed E-state index contributed by atoms with van der Waals surface area (Å²) in [7, 11) is 0. The average Bonchev–Trinajstić information content (AvgIpc) is 2.35. The molecule has 1 N–H and O–H groups in total. The molecule has 2 aromatic rings. The second-order valence-corrected chi connectivity index (χ2v) is 6.68. The lowest BCUT2D eigenvalue weighted by molar-refractivity contribution is 0.590. The van der Waals surface area contributed by atoms with E-state index in [1.165, 1.54) is 27.9 Å². The lowest BCUT2D eigenvalue weighted by Crippen LogP contribution is -2.11. The van der Waals surface area contributed by atoms with Gasteiger partial charge in [0.2, 0.25) is 0 Å². The van der Waals surface area contributed by atoms with Gasteiger partial charge in [0.15, 0.2) is 0 Å². The lowest BCUT2D eigenvalue weighted by atomic mass is 9.87. The molecule has 0 aliphatic heterocycles. The first kappa shape index (κ1) is 14.6. The van der Waals surface area contributed by atoms with Crippen LogP contribution in [0, 0.1) is 13.8 Å². The van der Waals surface area contributed by atoms with Gasteiger partial charge in [0, 0.05) is 12.2 Å². The zero-order valence-electron chi connectivity index (χ0n) is 13.2. The summed E-state index contributed by atoms with van der Waals surface area (Å²) in [4.78, 5) is 0. The molecule has 2 rings (SSSR count). The van der Waals surface area contributed by atoms with Gasteiger partial charge in [-0.2, -0.15) is 0 Å². The van der Waals surface area contributed by atoms with Crippen LogP contribution in [0.15, 0.2) is 42.5 Å². The molecule has 0 amide bonds. The Morgan fingerprint density at radius 3 is 1.90 bits per heavy atom. The van der Waals surface area contributed by atoms with Crippen LogP contribution in [0.3, 0.4) is 0 Å². The molecule has 1 nitrogen and oxygen atoms in total. The number of nitrogens with one attached hydrogen (secondary N) is 1. The maximum absolute atomic E-state index is 3.50. The smallest absolute Gasteiger partial charge is 0.0400 e. The van der Waals surface area contributed by atoms with Crippen LogP contribution < -0.4 is 5.32 Å². The first-order chi connectivity index (χ1) is 9.34. The highest BCUT2D eigenvalue weighted by Crippen LogP contribution is 2.22. The van der Waals surface area contributed by atoms with Crippen LogP contribution in [0.5, 0.6) is 0 Å². The maximum atomic E-state index is 3.50. The summed E-state index contributed by atoms with van der Waals surface area (Å²) in [6.45, 7) is 11.9. The molecule has 20 heavy (non-hydrogen) atoms. The highest BCUT2D eigenvalue weighted by Gasteiger charge is 2.12. The molecule has 0 saturated carbocycles. The van der Waals surface area contributed by atoms with Gasteiger partial charge in [0.1, 0.15) is 0 Å². The zero-order chi connectivity index (χ0) is 14.8. The van der Waals surface area contributed by atoms with Crippen molar-refractivity contribution in [3.8, 4) is 0 Å². The van der Waals surface area contributed by atoms with E-state index >= 15 is 0 Å². The highest BCUT2D eigenvalue weighted by molar-refractivity contribution is 5.48. The van der Waals surface area contributed by atoms with Crippen molar-refractivity contribution in [3.05, 3.63) is 64.7 Å². The van der Waals surface area contributed by atoms with Gasteiger partial charge in [-0.3, -0.25) is 0 Å². The number of hydrogen-bond donors (Lipinski definition) is 1. The molecule has 1 heteroatoms. The van der Waals surface area contributed by atoms with E-state index in [9.17, 15) is 0 Å². The lowest BCUT2D eigenvalue weighted by Gasteiger charge is -2.19. The van der Waals surface area contributed by atoms with Crippen LogP contribution in [0.1, 0.15) is 43.0 Å². The van der Waals surface area contributed by atoms with Crippen LogP contribution in [0.2, 0.25) is 0 Å². The van der Waals surface area contributed by atoms with Crippen molar-refractivity contribution in [2.24, 2.45) is 0 Å². The van der Waals surface area contributed by atoms with Gasteiger partial charge in [-0.05, 0) is 53.6 Å². The molecule has 0 aliphatic carbocycles. The Morgan fingerprint density at radius 2 is 1.40 bits per heavy atom. The van der Waals surface area contributed by atoms with Crippen molar-refractivity contribution >= 4 is 5.69 Å². The molecule has 0 atom stereocenters. The first-order valence-electron chi connectivity index (χ1n) is 7.26. The minimum atomic E-state index is 0.222. The summed E-state index contributed by atoms with van der Waals surface area (Å²) < 4.78 is 0. The Hall–Kier alpha value is -1.76. The molecule has 106 valence electrons. The first-order valence-corrected chi connectivity index (χ1v) is 7.26. The number of anilines is 1. The van der Waals surface area contributed by atoms with E-state index in [4.69, 9.17) is 0 Å². The van der Waals surface area contributed by atoms with E-state index in [1.54, 1.807) is 0 Å². The third kappa shape index (κ3) is 3.86. The summed E-state index contributed by atoms with van der Waals surface area (Å²) >= 11 is 0. The molecule has 0 radical (unpaired) electrons. The Bertz CT molecular complexity index is 553. The molecule has 0 heterocycles. The molecule has 0 saturated heterocycles. The molecule has 0 unspecified atom stereocenters.